The second kappa shape index (κ2) is 38.0. The number of carbonyl (C=O) groups is 3. The Balaban J connectivity index is 4.19. The van der Waals surface area contributed by atoms with Gasteiger partial charge in [-0.05, 0) is 32.1 Å². The lowest BCUT2D eigenvalue weighted by Gasteiger charge is -2.34. The van der Waals surface area contributed by atoms with Gasteiger partial charge in [-0.1, -0.05) is 174 Å². The number of rotatable bonds is 41. The van der Waals surface area contributed by atoms with E-state index in [1.807, 2.05) is 0 Å². The second-order valence-electron chi connectivity index (χ2n) is 16.6. The smallest absolute Gasteiger partial charge is 0.306 e. The minimum atomic E-state index is -1.13. The van der Waals surface area contributed by atoms with E-state index in [-0.39, 0.29) is 42.7 Å². The molecule has 0 N–H and O–H groups in total. The molecule has 0 fully saturated rings. The van der Waals surface area contributed by atoms with Gasteiger partial charge in [-0.25, -0.2) is 0 Å². The Morgan fingerprint density at radius 1 is 0.537 bits per heavy atom. The molecule has 2 atom stereocenters. The van der Waals surface area contributed by atoms with E-state index in [9.17, 15) is 19.5 Å². The fourth-order valence-corrected chi connectivity index (χ4v) is 6.84. The van der Waals surface area contributed by atoms with E-state index in [1.165, 1.54) is 141 Å². The zero-order chi connectivity index (χ0) is 40.0. The maximum Gasteiger partial charge on any atom is 0.306 e. The van der Waals surface area contributed by atoms with Crippen molar-refractivity contribution in [2.45, 2.75) is 225 Å². The number of carboxylic acids is 1. The highest BCUT2D eigenvalue weighted by Crippen LogP contribution is 2.16. The van der Waals surface area contributed by atoms with Crippen LogP contribution < -0.4 is 5.11 Å². The lowest BCUT2D eigenvalue weighted by molar-refractivity contribution is -0.889. The summed E-state index contributed by atoms with van der Waals surface area (Å²) in [4.78, 5) is 36.7. The van der Waals surface area contributed by atoms with Crippen LogP contribution in [0.5, 0.6) is 0 Å². The average Bonchev–Trinajstić information content (AvgIpc) is 3.12. The third-order valence-corrected chi connectivity index (χ3v) is 10.4. The molecule has 0 bridgehead atoms. The highest BCUT2D eigenvalue weighted by atomic mass is 16.6. The van der Waals surface area contributed by atoms with E-state index in [1.54, 1.807) is 21.1 Å². The number of unbranched alkanes of at least 4 members (excludes halogenated alkanes) is 25. The van der Waals surface area contributed by atoms with Gasteiger partial charge in [0.25, 0.3) is 0 Å². The Morgan fingerprint density at radius 3 is 1.39 bits per heavy atom. The number of quaternary nitrogens is 1. The van der Waals surface area contributed by atoms with E-state index < -0.39 is 18.1 Å². The van der Waals surface area contributed by atoms with Gasteiger partial charge in [0.1, 0.15) is 12.6 Å². The minimum absolute atomic E-state index is 0.0377. The number of ether oxygens (including phenoxy) is 3. The van der Waals surface area contributed by atoms with Gasteiger partial charge >= 0.3 is 11.9 Å². The van der Waals surface area contributed by atoms with Crippen molar-refractivity contribution in [2.24, 2.45) is 0 Å². The average molecular weight is 766 g/mol. The van der Waals surface area contributed by atoms with E-state index in [0.29, 0.717) is 19.3 Å². The van der Waals surface area contributed by atoms with Crippen LogP contribution in [-0.4, -0.2) is 75.5 Å². The number of aliphatic carboxylic acids is 1. The highest BCUT2D eigenvalue weighted by Gasteiger charge is 2.25. The molecule has 0 aromatic rings. The quantitative estimate of drug-likeness (QED) is 0.0264. The number of hydrogen-bond acceptors (Lipinski definition) is 7. The summed E-state index contributed by atoms with van der Waals surface area (Å²) in [6.45, 7) is 4.62. The van der Waals surface area contributed by atoms with Crippen LogP contribution in [0, 0.1) is 0 Å². The van der Waals surface area contributed by atoms with Crippen LogP contribution in [0.3, 0.4) is 0 Å². The maximum atomic E-state index is 12.7. The summed E-state index contributed by atoms with van der Waals surface area (Å²) in [6.07, 6.45) is 39.7. The van der Waals surface area contributed by atoms with Crippen LogP contribution in [-0.2, 0) is 28.6 Å². The Labute approximate surface area is 333 Å². The Kier molecular flexibility index (Phi) is 36.6. The SMILES string of the molecule is CCCCCC/C=C/CCCC(=O)OCC(COCCC(C(=O)[O-])[N+](C)(C)C)OC(=O)CCCCCCCCCCCCCCCCCCCCCCC. The molecule has 0 radical (unpaired) electrons. The van der Waals surface area contributed by atoms with Gasteiger partial charge in [-0.15, -0.1) is 0 Å². The van der Waals surface area contributed by atoms with Crippen molar-refractivity contribution in [3.63, 3.8) is 0 Å². The standard InChI is InChI=1S/C46H87NO7/c1-6-8-10-12-14-16-17-18-19-20-21-22-23-24-25-26-27-29-31-33-35-37-45(49)54-42(40-52-39-38-43(46(50)51)47(3,4)5)41-53-44(48)36-34-32-30-28-15-13-11-9-7-2/h28,30,42-43H,6-27,29,31-41H2,1-5H3/b30-28+. The Morgan fingerprint density at radius 2 is 0.944 bits per heavy atom. The third kappa shape index (κ3) is 35.8. The molecular formula is C46H87NO7. The predicted octanol–water partition coefficient (Wildman–Crippen LogP) is 11.0. The van der Waals surface area contributed by atoms with Gasteiger partial charge in [0.15, 0.2) is 6.10 Å². The number of carbonyl (C=O) groups excluding carboxylic acids is 3. The number of hydrogen-bond donors (Lipinski definition) is 0. The van der Waals surface area contributed by atoms with Crippen LogP contribution in [0.2, 0.25) is 0 Å². The summed E-state index contributed by atoms with van der Waals surface area (Å²) in [5, 5.41) is 11.6. The molecule has 2 unspecified atom stereocenters. The molecule has 0 spiro atoms. The van der Waals surface area contributed by atoms with Crippen LogP contribution in [0.25, 0.3) is 0 Å². The van der Waals surface area contributed by atoms with Gasteiger partial charge in [0.2, 0.25) is 0 Å². The fraction of sp³-hybridized carbons (Fsp3) is 0.891. The molecule has 0 rings (SSSR count). The first-order chi connectivity index (χ1) is 26.1. The summed E-state index contributed by atoms with van der Waals surface area (Å²) < 4.78 is 17.1. The molecule has 0 amide bonds. The Bertz CT molecular complexity index is 900. The third-order valence-electron chi connectivity index (χ3n) is 10.4. The molecule has 8 nitrogen and oxygen atoms in total. The summed E-state index contributed by atoms with van der Waals surface area (Å²) in [5.41, 5.74) is 0. The van der Waals surface area contributed by atoms with Gasteiger partial charge in [-0.2, -0.15) is 0 Å². The normalized spacial score (nSPS) is 13.0. The number of nitrogens with zero attached hydrogens (tertiary/aromatic N) is 1. The lowest BCUT2D eigenvalue weighted by atomic mass is 10.0. The van der Waals surface area contributed by atoms with Crippen LogP contribution >= 0.6 is 0 Å². The molecule has 0 aliphatic carbocycles. The minimum Gasteiger partial charge on any atom is -0.544 e. The van der Waals surface area contributed by atoms with E-state index >= 15 is 0 Å². The topological polar surface area (TPSA) is 102 Å². The van der Waals surface area contributed by atoms with Crippen molar-refractivity contribution in [3.05, 3.63) is 12.2 Å². The monoisotopic (exact) mass is 766 g/mol. The number of esters is 2. The fourth-order valence-electron chi connectivity index (χ4n) is 6.84. The zero-order valence-corrected chi connectivity index (χ0v) is 36.2. The predicted molar refractivity (Wildman–Crippen MR) is 222 cm³/mol. The van der Waals surface area contributed by atoms with Crippen LogP contribution in [0.4, 0.5) is 0 Å². The number of carboxylic acid groups (broad SMARTS) is 1. The molecule has 0 aromatic heterocycles. The van der Waals surface area contributed by atoms with E-state index in [2.05, 4.69) is 26.0 Å². The van der Waals surface area contributed by atoms with Crippen LogP contribution in [0.15, 0.2) is 12.2 Å². The molecular weight excluding hydrogens is 679 g/mol. The first-order valence-corrected chi connectivity index (χ1v) is 22.7. The maximum absolute atomic E-state index is 12.7. The largest absolute Gasteiger partial charge is 0.544 e. The molecule has 0 aliphatic rings. The van der Waals surface area contributed by atoms with Gasteiger partial charge < -0.3 is 28.6 Å². The first kappa shape index (κ1) is 52.1. The molecule has 0 heterocycles. The zero-order valence-electron chi connectivity index (χ0n) is 36.2. The molecule has 8 heteroatoms. The second-order valence-corrected chi connectivity index (χ2v) is 16.6. The van der Waals surface area contributed by atoms with Crippen molar-refractivity contribution < 1.29 is 38.2 Å². The van der Waals surface area contributed by atoms with Crippen molar-refractivity contribution in [1.82, 2.24) is 0 Å². The molecule has 0 saturated carbocycles. The lowest BCUT2D eigenvalue weighted by Crippen LogP contribution is -2.55. The summed E-state index contributed by atoms with van der Waals surface area (Å²) in [6, 6.07) is -0.724. The van der Waals surface area contributed by atoms with Gasteiger partial charge in [0, 0.05) is 19.3 Å². The number of likely N-dealkylation sites (N-methyl/N-ethyl adjacent to an activating group) is 1. The van der Waals surface area contributed by atoms with Crippen LogP contribution in [0.1, 0.15) is 213 Å². The highest BCUT2D eigenvalue weighted by molar-refractivity contribution is 5.70. The first-order valence-electron chi connectivity index (χ1n) is 22.7. The van der Waals surface area contributed by atoms with Gasteiger partial charge in [-0.3, -0.25) is 9.59 Å². The number of allylic oxidation sites excluding steroid dienone is 2. The summed E-state index contributed by atoms with van der Waals surface area (Å²) in [7, 11) is 5.40. The van der Waals surface area contributed by atoms with Crippen molar-refractivity contribution in [2.75, 3.05) is 41.0 Å². The van der Waals surface area contributed by atoms with Crippen molar-refractivity contribution in [1.29, 1.82) is 0 Å². The summed E-state index contributed by atoms with van der Waals surface area (Å²) in [5.74, 6) is -1.77. The van der Waals surface area contributed by atoms with Crippen molar-refractivity contribution >= 4 is 17.9 Å². The molecule has 0 aliphatic heterocycles. The molecule has 318 valence electrons. The molecule has 54 heavy (non-hydrogen) atoms. The Hall–Kier alpha value is -1.93. The van der Waals surface area contributed by atoms with E-state index in [0.717, 1.165) is 32.1 Å². The van der Waals surface area contributed by atoms with Gasteiger partial charge in [0.05, 0.1) is 40.3 Å². The molecule has 0 aromatic carbocycles. The van der Waals surface area contributed by atoms with Crippen molar-refractivity contribution in [3.8, 4) is 0 Å². The summed E-state index contributed by atoms with van der Waals surface area (Å²) >= 11 is 0. The van der Waals surface area contributed by atoms with E-state index in [4.69, 9.17) is 14.2 Å². The molecule has 0 saturated heterocycles.